The first-order chi connectivity index (χ1) is 6.76. The zero-order chi connectivity index (χ0) is 10.8. The molecule has 86 valence electrons. The van der Waals surface area contributed by atoms with Gasteiger partial charge in [0.1, 0.15) is 0 Å². The van der Waals surface area contributed by atoms with Crippen LogP contribution in [0.25, 0.3) is 0 Å². The van der Waals surface area contributed by atoms with E-state index in [0.29, 0.717) is 0 Å². The predicted octanol–water partition coefficient (Wildman–Crippen LogP) is 1.29. The van der Waals surface area contributed by atoms with Crippen molar-refractivity contribution < 1.29 is 10.2 Å². The summed E-state index contributed by atoms with van der Waals surface area (Å²) in [7, 11) is 0. The van der Waals surface area contributed by atoms with E-state index >= 15 is 0 Å². The zero-order valence-electron chi connectivity index (χ0n) is 9.50. The molecule has 0 radical (unpaired) electrons. The number of nitrogens with one attached hydrogen (secondary N) is 1. The maximum absolute atomic E-state index is 9.53. The molecule has 3 nitrogen and oxygen atoms in total. The van der Waals surface area contributed by atoms with Gasteiger partial charge in [0, 0.05) is 6.04 Å². The molecular formula is C11H25NO2. The Bertz CT molecular complexity index is 120. The second kappa shape index (κ2) is 9.44. The van der Waals surface area contributed by atoms with Crippen molar-refractivity contribution >= 4 is 0 Å². The van der Waals surface area contributed by atoms with Crippen LogP contribution < -0.4 is 5.32 Å². The largest absolute Gasteiger partial charge is 0.394 e. The fourth-order valence-electron chi connectivity index (χ4n) is 1.50. The van der Waals surface area contributed by atoms with Crippen LogP contribution in [-0.2, 0) is 0 Å². The Morgan fingerprint density at radius 2 is 1.86 bits per heavy atom. The van der Waals surface area contributed by atoms with Crippen LogP contribution in [0.1, 0.15) is 46.0 Å². The topological polar surface area (TPSA) is 52.5 Å². The molecule has 14 heavy (non-hydrogen) atoms. The zero-order valence-corrected chi connectivity index (χ0v) is 9.50. The van der Waals surface area contributed by atoms with Gasteiger partial charge in [0.15, 0.2) is 0 Å². The summed E-state index contributed by atoms with van der Waals surface area (Å²) in [4.78, 5) is 0. The van der Waals surface area contributed by atoms with Crippen LogP contribution in [0, 0.1) is 0 Å². The molecule has 0 amide bonds. The van der Waals surface area contributed by atoms with Gasteiger partial charge in [-0.2, -0.15) is 0 Å². The molecule has 3 heteroatoms. The highest BCUT2D eigenvalue weighted by molar-refractivity contribution is 4.74. The van der Waals surface area contributed by atoms with Crippen molar-refractivity contribution in [3.8, 4) is 0 Å². The van der Waals surface area contributed by atoms with E-state index in [2.05, 4.69) is 19.2 Å². The second-order valence-corrected chi connectivity index (χ2v) is 3.81. The van der Waals surface area contributed by atoms with Crippen molar-refractivity contribution in [2.75, 3.05) is 13.2 Å². The molecule has 0 rings (SSSR count). The molecule has 3 N–H and O–H groups in total. The molecule has 0 aromatic rings. The van der Waals surface area contributed by atoms with Crippen molar-refractivity contribution in [1.29, 1.82) is 0 Å². The van der Waals surface area contributed by atoms with Gasteiger partial charge in [-0.1, -0.05) is 33.1 Å². The maximum atomic E-state index is 9.53. The maximum Gasteiger partial charge on any atom is 0.0923 e. The van der Waals surface area contributed by atoms with Crippen LogP contribution in [0.5, 0.6) is 0 Å². The summed E-state index contributed by atoms with van der Waals surface area (Å²) >= 11 is 0. The predicted molar refractivity (Wildman–Crippen MR) is 59.3 cm³/mol. The van der Waals surface area contributed by atoms with E-state index < -0.39 is 6.10 Å². The van der Waals surface area contributed by atoms with Crippen LogP contribution in [-0.4, -0.2) is 35.5 Å². The summed E-state index contributed by atoms with van der Waals surface area (Å²) < 4.78 is 0. The van der Waals surface area contributed by atoms with Crippen molar-refractivity contribution in [3.05, 3.63) is 0 Å². The average Bonchev–Trinajstić information content (AvgIpc) is 2.22. The van der Waals surface area contributed by atoms with E-state index in [-0.39, 0.29) is 12.6 Å². The first-order valence-electron chi connectivity index (χ1n) is 5.78. The van der Waals surface area contributed by atoms with Gasteiger partial charge in [-0.3, -0.25) is 0 Å². The highest BCUT2D eigenvalue weighted by atomic mass is 16.3. The third kappa shape index (κ3) is 6.35. The summed E-state index contributed by atoms with van der Waals surface area (Å²) in [6, 6.07) is 0.0616. The SMILES string of the molecule is CCCCCC(NCCC)C(O)CO. The number of unbranched alkanes of at least 4 members (excludes halogenated alkanes) is 2. The summed E-state index contributed by atoms with van der Waals surface area (Å²) in [5, 5.41) is 21.7. The van der Waals surface area contributed by atoms with E-state index in [1.807, 2.05) is 0 Å². The van der Waals surface area contributed by atoms with Crippen LogP contribution in [0.4, 0.5) is 0 Å². The minimum Gasteiger partial charge on any atom is -0.394 e. The molecular weight excluding hydrogens is 178 g/mol. The summed E-state index contributed by atoms with van der Waals surface area (Å²) in [6.07, 6.45) is 4.91. The lowest BCUT2D eigenvalue weighted by Gasteiger charge is -2.22. The lowest BCUT2D eigenvalue weighted by atomic mass is 10.0. The van der Waals surface area contributed by atoms with Crippen molar-refractivity contribution in [2.24, 2.45) is 0 Å². The van der Waals surface area contributed by atoms with Crippen molar-refractivity contribution in [1.82, 2.24) is 5.32 Å². The van der Waals surface area contributed by atoms with E-state index in [9.17, 15) is 5.11 Å². The molecule has 0 heterocycles. The molecule has 0 aromatic carbocycles. The van der Waals surface area contributed by atoms with Gasteiger partial charge < -0.3 is 15.5 Å². The Morgan fingerprint density at radius 3 is 2.36 bits per heavy atom. The monoisotopic (exact) mass is 203 g/mol. The molecule has 0 aliphatic rings. The number of rotatable bonds is 9. The Morgan fingerprint density at radius 1 is 1.14 bits per heavy atom. The molecule has 2 atom stereocenters. The van der Waals surface area contributed by atoms with Crippen LogP contribution >= 0.6 is 0 Å². The Labute approximate surface area is 87.5 Å². The fraction of sp³-hybridized carbons (Fsp3) is 1.00. The van der Waals surface area contributed by atoms with Gasteiger partial charge in [-0.05, 0) is 19.4 Å². The number of aliphatic hydroxyl groups excluding tert-OH is 2. The lowest BCUT2D eigenvalue weighted by Crippen LogP contribution is -2.42. The standard InChI is InChI=1S/C11H25NO2/c1-3-5-6-7-10(11(14)9-13)12-8-4-2/h10-14H,3-9H2,1-2H3. The quantitative estimate of drug-likeness (QED) is 0.495. The summed E-state index contributed by atoms with van der Waals surface area (Å²) in [6.45, 7) is 5.03. The summed E-state index contributed by atoms with van der Waals surface area (Å²) in [5.41, 5.74) is 0. The molecule has 0 saturated heterocycles. The van der Waals surface area contributed by atoms with Crippen molar-refractivity contribution in [3.63, 3.8) is 0 Å². The van der Waals surface area contributed by atoms with Gasteiger partial charge in [0.25, 0.3) is 0 Å². The molecule has 0 aliphatic carbocycles. The van der Waals surface area contributed by atoms with Crippen LogP contribution in [0.15, 0.2) is 0 Å². The Hall–Kier alpha value is -0.120. The van der Waals surface area contributed by atoms with E-state index in [4.69, 9.17) is 5.11 Å². The highest BCUT2D eigenvalue weighted by Gasteiger charge is 2.16. The smallest absolute Gasteiger partial charge is 0.0923 e. The Balaban J connectivity index is 3.72. The number of aliphatic hydroxyl groups is 2. The van der Waals surface area contributed by atoms with Gasteiger partial charge in [0.2, 0.25) is 0 Å². The normalized spacial score (nSPS) is 15.4. The van der Waals surface area contributed by atoms with E-state index in [1.165, 1.54) is 12.8 Å². The van der Waals surface area contributed by atoms with Gasteiger partial charge in [-0.25, -0.2) is 0 Å². The number of hydrogen-bond donors (Lipinski definition) is 3. The first-order valence-corrected chi connectivity index (χ1v) is 5.78. The van der Waals surface area contributed by atoms with Gasteiger partial charge in [-0.15, -0.1) is 0 Å². The molecule has 0 aliphatic heterocycles. The number of hydrogen-bond acceptors (Lipinski definition) is 3. The summed E-state index contributed by atoms with van der Waals surface area (Å²) in [5.74, 6) is 0. The van der Waals surface area contributed by atoms with Crippen LogP contribution in [0.2, 0.25) is 0 Å². The minimum absolute atomic E-state index is 0.0616. The minimum atomic E-state index is -0.613. The first kappa shape index (κ1) is 13.9. The second-order valence-electron chi connectivity index (χ2n) is 3.81. The molecule has 0 aromatic heterocycles. The van der Waals surface area contributed by atoms with Gasteiger partial charge >= 0.3 is 0 Å². The lowest BCUT2D eigenvalue weighted by molar-refractivity contribution is 0.0593. The van der Waals surface area contributed by atoms with E-state index in [1.54, 1.807) is 0 Å². The molecule has 0 saturated carbocycles. The highest BCUT2D eigenvalue weighted by Crippen LogP contribution is 2.06. The average molecular weight is 203 g/mol. The molecule has 2 unspecified atom stereocenters. The fourth-order valence-corrected chi connectivity index (χ4v) is 1.50. The van der Waals surface area contributed by atoms with Crippen molar-refractivity contribution in [2.45, 2.75) is 58.1 Å². The third-order valence-corrected chi connectivity index (χ3v) is 2.43. The van der Waals surface area contributed by atoms with E-state index in [0.717, 1.165) is 25.8 Å². The molecule has 0 fully saturated rings. The third-order valence-electron chi connectivity index (χ3n) is 2.43. The Kier molecular flexibility index (Phi) is 9.35. The molecule has 0 bridgehead atoms. The van der Waals surface area contributed by atoms with Crippen LogP contribution in [0.3, 0.4) is 0 Å². The van der Waals surface area contributed by atoms with Gasteiger partial charge in [0.05, 0.1) is 12.7 Å². The molecule has 0 spiro atoms.